The van der Waals surface area contributed by atoms with Gasteiger partial charge in [-0.15, -0.1) is 0 Å². The zero-order valence-corrected chi connectivity index (χ0v) is 12.0. The van der Waals surface area contributed by atoms with Gasteiger partial charge in [0.15, 0.2) is 0 Å². The summed E-state index contributed by atoms with van der Waals surface area (Å²) < 4.78 is 5.11. The molecule has 0 saturated carbocycles. The molecule has 0 unspecified atom stereocenters. The van der Waals surface area contributed by atoms with E-state index in [-0.39, 0.29) is 11.1 Å². The number of benzene rings is 2. The molecule has 0 spiro atoms. The summed E-state index contributed by atoms with van der Waals surface area (Å²) in [5, 5.41) is 8.60. The highest BCUT2D eigenvalue weighted by molar-refractivity contribution is 5.83. The molecule has 0 aliphatic heterocycles. The number of rotatable bonds is 4. The molecule has 3 N–H and O–H groups in total. The van der Waals surface area contributed by atoms with E-state index in [0.29, 0.717) is 17.3 Å². The number of methoxy groups -OCH3 is 1. The Labute approximate surface area is 125 Å². The molecular weight excluding hydrogens is 282 g/mol. The Bertz CT molecular complexity index is 910. The van der Waals surface area contributed by atoms with Gasteiger partial charge < -0.3 is 10.1 Å². The summed E-state index contributed by atoms with van der Waals surface area (Å²) in [6, 6.07) is 12.8. The Morgan fingerprint density at radius 1 is 0.955 bits per heavy atom. The van der Waals surface area contributed by atoms with E-state index in [4.69, 9.17) is 4.74 Å². The predicted octanol–water partition coefficient (Wildman–Crippen LogP) is 1.84. The van der Waals surface area contributed by atoms with Crippen LogP contribution in [0.15, 0.2) is 52.1 Å². The molecule has 0 aliphatic rings. The van der Waals surface area contributed by atoms with Gasteiger partial charge in [0.25, 0.3) is 11.1 Å². The van der Waals surface area contributed by atoms with Crippen LogP contribution in [0.3, 0.4) is 0 Å². The minimum atomic E-state index is -0.317. The van der Waals surface area contributed by atoms with Gasteiger partial charge in [-0.2, -0.15) is 0 Å². The van der Waals surface area contributed by atoms with Crippen LogP contribution in [0.25, 0.3) is 10.8 Å². The lowest BCUT2D eigenvalue weighted by Gasteiger charge is -2.08. The van der Waals surface area contributed by atoms with E-state index in [2.05, 4.69) is 15.5 Å². The molecule has 6 heteroatoms. The number of anilines is 1. The Morgan fingerprint density at radius 2 is 1.64 bits per heavy atom. The Hall–Kier alpha value is -3.02. The highest BCUT2D eigenvalue weighted by atomic mass is 16.5. The van der Waals surface area contributed by atoms with Crippen molar-refractivity contribution in [2.24, 2.45) is 0 Å². The van der Waals surface area contributed by atoms with Gasteiger partial charge in [-0.3, -0.25) is 19.8 Å². The van der Waals surface area contributed by atoms with E-state index in [9.17, 15) is 9.59 Å². The van der Waals surface area contributed by atoms with Gasteiger partial charge in [-0.25, -0.2) is 0 Å². The molecule has 0 fully saturated rings. The maximum Gasteiger partial charge on any atom is 0.270 e. The summed E-state index contributed by atoms with van der Waals surface area (Å²) in [4.78, 5) is 23.4. The van der Waals surface area contributed by atoms with Crippen molar-refractivity contribution in [1.82, 2.24) is 10.2 Å². The second-order valence-corrected chi connectivity index (χ2v) is 4.87. The summed E-state index contributed by atoms with van der Waals surface area (Å²) in [5.74, 6) is 0.806. The fourth-order valence-corrected chi connectivity index (χ4v) is 2.24. The van der Waals surface area contributed by atoms with Gasteiger partial charge in [-0.05, 0) is 35.9 Å². The molecule has 0 bridgehead atoms. The van der Waals surface area contributed by atoms with Crippen molar-refractivity contribution < 1.29 is 4.74 Å². The van der Waals surface area contributed by atoms with Crippen LogP contribution in [0, 0.1) is 0 Å². The molecule has 1 heterocycles. The predicted molar refractivity (Wildman–Crippen MR) is 85.5 cm³/mol. The number of nitrogens with one attached hydrogen (secondary N) is 3. The summed E-state index contributed by atoms with van der Waals surface area (Å²) in [6.07, 6.45) is 0. The monoisotopic (exact) mass is 297 g/mol. The SMILES string of the molecule is COc1ccc(CNc2ccc3c(=O)[nH][nH]c(=O)c3c2)cc1. The van der Waals surface area contributed by atoms with Crippen LogP contribution in [-0.2, 0) is 6.54 Å². The first kappa shape index (κ1) is 13.9. The van der Waals surface area contributed by atoms with Crippen molar-refractivity contribution in [3.05, 3.63) is 68.7 Å². The number of ether oxygens (including phenoxy) is 1. The van der Waals surface area contributed by atoms with E-state index in [1.807, 2.05) is 24.3 Å². The molecule has 112 valence electrons. The first-order valence-corrected chi connectivity index (χ1v) is 6.79. The zero-order valence-electron chi connectivity index (χ0n) is 12.0. The smallest absolute Gasteiger partial charge is 0.270 e. The van der Waals surface area contributed by atoms with Crippen molar-refractivity contribution in [1.29, 1.82) is 0 Å². The van der Waals surface area contributed by atoms with Crippen LogP contribution >= 0.6 is 0 Å². The van der Waals surface area contributed by atoms with Crippen molar-refractivity contribution in [2.45, 2.75) is 6.54 Å². The van der Waals surface area contributed by atoms with E-state index in [1.54, 1.807) is 25.3 Å². The molecule has 6 nitrogen and oxygen atoms in total. The largest absolute Gasteiger partial charge is 0.497 e. The van der Waals surface area contributed by atoms with Crippen molar-refractivity contribution >= 4 is 16.5 Å². The molecule has 0 amide bonds. The van der Waals surface area contributed by atoms with E-state index in [1.165, 1.54) is 0 Å². The number of H-pyrrole nitrogens is 2. The molecule has 0 saturated heterocycles. The minimum absolute atomic E-state index is 0.309. The normalized spacial score (nSPS) is 10.6. The van der Waals surface area contributed by atoms with Crippen LogP contribution < -0.4 is 21.2 Å². The number of aromatic amines is 2. The van der Waals surface area contributed by atoms with Crippen LogP contribution in [0.2, 0.25) is 0 Å². The first-order chi connectivity index (χ1) is 10.7. The van der Waals surface area contributed by atoms with Gasteiger partial charge in [0.1, 0.15) is 5.75 Å². The van der Waals surface area contributed by atoms with E-state index in [0.717, 1.165) is 17.0 Å². The quantitative estimate of drug-likeness (QED) is 0.685. The fraction of sp³-hybridized carbons (Fsp3) is 0.125. The lowest BCUT2D eigenvalue weighted by Crippen LogP contribution is -2.18. The van der Waals surface area contributed by atoms with Crippen LogP contribution in [0.5, 0.6) is 5.75 Å². The Balaban J connectivity index is 1.83. The lowest BCUT2D eigenvalue weighted by molar-refractivity contribution is 0.414. The highest BCUT2D eigenvalue weighted by Crippen LogP contribution is 2.16. The first-order valence-electron chi connectivity index (χ1n) is 6.79. The second-order valence-electron chi connectivity index (χ2n) is 4.87. The number of hydrogen-bond acceptors (Lipinski definition) is 4. The summed E-state index contributed by atoms with van der Waals surface area (Å²) >= 11 is 0. The van der Waals surface area contributed by atoms with Crippen molar-refractivity contribution in [2.75, 3.05) is 12.4 Å². The maximum atomic E-state index is 11.8. The third-order valence-corrected chi connectivity index (χ3v) is 3.45. The second kappa shape index (κ2) is 5.77. The third-order valence-electron chi connectivity index (χ3n) is 3.45. The number of aromatic nitrogens is 2. The zero-order chi connectivity index (χ0) is 15.5. The molecular formula is C16H15N3O3. The summed E-state index contributed by atoms with van der Waals surface area (Å²) in [5.41, 5.74) is 1.24. The summed E-state index contributed by atoms with van der Waals surface area (Å²) in [6.45, 7) is 0.608. The summed E-state index contributed by atoms with van der Waals surface area (Å²) in [7, 11) is 1.63. The molecule has 1 aromatic heterocycles. The number of fused-ring (bicyclic) bond motifs is 1. The van der Waals surface area contributed by atoms with Crippen LogP contribution in [-0.4, -0.2) is 17.3 Å². The molecule has 0 aliphatic carbocycles. The molecule has 0 radical (unpaired) electrons. The van der Waals surface area contributed by atoms with Crippen molar-refractivity contribution in [3.8, 4) is 5.75 Å². The van der Waals surface area contributed by atoms with Gasteiger partial charge in [0, 0.05) is 12.2 Å². The van der Waals surface area contributed by atoms with E-state index < -0.39 is 0 Å². The van der Waals surface area contributed by atoms with Gasteiger partial charge in [0.05, 0.1) is 17.9 Å². The maximum absolute atomic E-state index is 11.8. The molecule has 22 heavy (non-hydrogen) atoms. The standard InChI is InChI=1S/C16H15N3O3/c1-22-12-5-2-10(3-6-12)9-17-11-4-7-13-14(8-11)16(21)19-18-15(13)20/h2-8,17H,9H2,1H3,(H,18,20)(H,19,21). The molecule has 3 rings (SSSR count). The average Bonchev–Trinajstić information content (AvgIpc) is 2.57. The average molecular weight is 297 g/mol. The number of hydrogen-bond donors (Lipinski definition) is 3. The van der Waals surface area contributed by atoms with Gasteiger partial charge in [-0.1, -0.05) is 12.1 Å². The minimum Gasteiger partial charge on any atom is -0.497 e. The van der Waals surface area contributed by atoms with Crippen LogP contribution in [0.4, 0.5) is 5.69 Å². The van der Waals surface area contributed by atoms with Gasteiger partial charge in [0.2, 0.25) is 0 Å². The van der Waals surface area contributed by atoms with Crippen LogP contribution in [0.1, 0.15) is 5.56 Å². The molecule has 2 aromatic carbocycles. The van der Waals surface area contributed by atoms with E-state index >= 15 is 0 Å². The topological polar surface area (TPSA) is 87.0 Å². The molecule has 0 atom stereocenters. The third kappa shape index (κ3) is 2.71. The van der Waals surface area contributed by atoms with Crippen molar-refractivity contribution in [3.63, 3.8) is 0 Å². The lowest BCUT2D eigenvalue weighted by atomic mass is 10.1. The molecule has 3 aromatic rings. The fourth-order valence-electron chi connectivity index (χ4n) is 2.24. The highest BCUT2D eigenvalue weighted by Gasteiger charge is 2.04. The van der Waals surface area contributed by atoms with Gasteiger partial charge >= 0.3 is 0 Å². The Kier molecular flexibility index (Phi) is 3.65. The Morgan fingerprint density at radius 3 is 2.32 bits per heavy atom.